The summed E-state index contributed by atoms with van der Waals surface area (Å²) in [7, 11) is -3.69. The SMILES string of the molecule is C=CCN(C1CC1)S(=O)(=O)c1ccc(C(N)=O)cc1N. The van der Waals surface area contributed by atoms with Crippen LogP contribution >= 0.6 is 0 Å². The van der Waals surface area contributed by atoms with Gasteiger partial charge in [-0.05, 0) is 31.0 Å². The fraction of sp³-hybridized carbons (Fsp3) is 0.308. The fourth-order valence-corrected chi connectivity index (χ4v) is 3.75. The van der Waals surface area contributed by atoms with E-state index >= 15 is 0 Å². The Morgan fingerprint density at radius 3 is 2.55 bits per heavy atom. The monoisotopic (exact) mass is 295 g/mol. The number of nitrogens with zero attached hydrogens (tertiary/aromatic N) is 1. The first-order chi connectivity index (χ1) is 9.37. The lowest BCUT2D eigenvalue weighted by molar-refractivity contribution is 0.1000. The molecule has 1 aliphatic rings. The number of primary amides is 1. The normalized spacial score (nSPS) is 15.2. The van der Waals surface area contributed by atoms with Crippen LogP contribution in [0.4, 0.5) is 5.69 Å². The number of rotatable bonds is 6. The van der Waals surface area contributed by atoms with Crippen LogP contribution in [0.3, 0.4) is 0 Å². The summed E-state index contributed by atoms with van der Waals surface area (Å²) in [6, 6.07) is 3.98. The molecular weight excluding hydrogens is 278 g/mol. The molecule has 1 amide bonds. The molecule has 1 aromatic carbocycles. The second-order valence-electron chi connectivity index (χ2n) is 4.71. The molecule has 0 unspecified atom stereocenters. The number of hydrogen-bond acceptors (Lipinski definition) is 4. The third kappa shape index (κ3) is 2.68. The van der Waals surface area contributed by atoms with E-state index in [4.69, 9.17) is 11.5 Å². The highest BCUT2D eigenvalue weighted by molar-refractivity contribution is 7.89. The summed E-state index contributed by atoms with van der Waals surface area (Å²) < 4.78 is 26.6. The van der Waals surface area contributed by atoms with Gasteiger partial charge >= 0.3 is 0 Å². The lowest BCUT2D eigenvalue weighted by Gasteiger charge is -2.21. The molecule has 1 aromatic rings. The smallest absolute Gasteiger partial charge is 0.248 e. The van der Waals surface area contributed by atoms with Crippen molar-refractivity contribution < 1.29 is 13.2 Å². The van der Waals surface area contributed by atoms with Gasteiger partial charge in [-0.1, -0.05) is 6.08 Å². The van der Waals surface area contributed by atoms with Gasteiger partial charge in [-0.3, -0.25) is 4.79 Å². The number of benzene rings is 1. The Labute approximate surface area is 118 Å². The lowest BCUT2D eigenvalue weighted by Crippen LogP contribution is -2.33. The second kappa shape index (κ2) is 5.26. The maximum Gasteiger partial charge on any atom is 0.248 e. The van der Waals surface area contributed by atoms with Crippen molar-refractivity contribution in [2.24, 2.45) is 5.73 Å². The molecule has 0 spiro atoms. The van der Waals surface area contributed by atoms with Crippen molar-refractivity contribution in [2.75, 3.05) is 12.3 Å². The van der Waals surface area contributed by atoms with Crippen LogP contribution in [0, 0.1) is 0 Å². The zero-order valence-electron chi connectivity index (χ0n) is 11.0. The number of nitrogens with two attached hydrogens (primary N) is 2. The van der Waals surface area contributed by atoms with Crippen LogP contribution in [0.1, 0.15) is 23.2 Å². The highest BCUT2D eigenvalue weighted by Gasteiger charge is 2.38. The van der Waals surface area contributed by atoms with Crippen LogP contribution in [0.5, 0.6) is 0 Å². The first kappa shape index (κ1) is 14.5. The molecule has 1 aliphatic carbocycles. The lowest BCUT2D eigenvalue weighted by atomic mass is 10.2. The topological polar surface area (TPSA) is 106 Å². The third-order valence-electron chi connectivity index (χ3n) is 3.14. The Morgan fingerprint density at radius 1 is 1.45 bits per heavy atom. The van der Waals surface area contributed by atoms with E-state index in [9.17, 15) is 13.2 Å². The van der Waals surface area contributed by atoms with Crippen molar-refractivity contribution >= 4 is 21.6 Å². The Bertz CT molecular complexity index is 651. The Morgan fingerprint density at radius 2 is 2.10 bits per heavy atom. The molecule has 0 radical (unpaired) electrons. The zero-order valence-corrected chi connectivity index (χ0v) is 11.8. The van der Waals surface area contributed by atoms with Gasteiger partial charge in [0.05, 0.1) is 5.69 Å². The number of sulfonamides is 1. The van der Waals surface area contributed by atoms with Crippen LogP contribution < -0.4 is 11.5 Å². The molecular formula is C13H17N3O3S. The molecule has 4 N–H and O–H groups in total. The maximum absolute atomic E-state index is 12.6. The number of nitrogen functional groups attached to an aromatic ring is 1. The van der Waals surface area contributed by atoms with Crippen LogP contribution in [0.15, 0.2) is 35.7 Å². The van der Waals surface area contributed by atoms with E-state index in [0.717, 1.165) is 12.8 Å². The standard InChI is InChI=1S/C13H17N3O3S/c1-2-7-16(10-4-5-10)20(18,19)12-6-3-9(13(15)17)8-11(12)14/h2-3,6,8,10H,1,4-5,7,14H2,(H2,15,17). The summed E-state index contributed by atoms with van der Waals surface area (Å²) in [4.78, 5) is 11.1. The molecule has 1 fully saturated rings. The van der Waals surface area contributed by atoms with E-state index in [0.29, 0.717) is 0 Å². The number of carbonyl (C=O) groups is 1. The van der Waals surface area contributed by atoms with Crippen molar-refractivity contribution in [2.45, 2.75) is 23.8 Å². The summed E-state index contributed by atoms with van der Waals surface area (Å²) in [6.07, 6.45) is 3.22. The van der Waals surface area contributed by atoms with E-state index in [1.165, 1.54) is 22.5 Å². The molecule has 0 bridgehead atoms. The summed E-state index contributed by atoms with van der Waals surface area (Å²) in [5.41, 5.74) is 11.1. The Hall–Kier alpha value is -1.86. The van der Waals surface area contributed by atoms with Gasteiger partial charge in [0.25, 0.3) is 0 Å². The summed E-state index contributed by atoms with van der Waals surface area (Å²) in [6.45, 7) is 3.82. The van der Waals surface area contributed by atoms with Crippen molar-refractivity contribution in [3.8, 4) is 0 Å². The highest BCUT2D eigenvalue weighted by atomic mass is 32.2. The van der Waals surface area contributed by atoms with Gasteiger partial charge in [0.1, 0.15) is 4.90 Å². The molecule has 2 rings (SSSR count). The third-order valence-corrected chi connectivity index (χ3v) is 5.14. The van der Waals surface area contributed by atoms with Gasteiger partial charge in [-0.15, -0.1) is 6.58 Å². The first-order valence-electron chi connectivity index (χ1n) is 6.20. The van der Waals surface area contributed by atoms with Crippen LogP contribution in [0.2, 0.25) is 0 Å². The van der Waals surface area contributed by atoms with E-state index in [1.54, 1.807) is 6.08 Å². The highest BCUT2D eigenvalue weighted by Crippen LogP contribution is 2.33. The van der Waals surface area contributed by atoms with Crippen molar-refractivity contribution in [1.29, 1.82) is 0 Å². The quantitative estimate of drug-likeness (QED) is 0.595. The molecule has 1 saturated carbocycles. The number of amides is 1. The molecule has 20 heavy (non-hydrogen) atoms. The molecule has 7 heteroatoms. The van der Waals surface area contributed by atoms with E-state index in [-0.39, 0.29) is 28.7 Å². The van der Waals surface area contributed by atoms with Crippen molar-refractivity contribution in [3.05, 3.63) is 36.4 Å². The minimum atomic E-state index is -3.69. The Kier molecular flexibility index (Phi) is 3.82. The largest absolute Gasteiger partial charge is 0.398 e. The van der Waals surface area contributed by atoms with Crippen LogP contribution in [-0.4, -0.2) is 31.2 Å². The van der Waals surface area contributed by atoms with E-state index < -0.39 is 15.9 Å². The van der Waals surface area contributed by atoms with Gasteiger partial charge in [0.15, 0.2) is 0 Å². The van der Waals surface area contributed by atoms with Gasteiger partial charge in [-0.25, -0.2) is 8.42 Å². The molecule has 0 heterocycles. The number of anilines is 1. The molecule has 0 aromatic heterocycles. The summed E-state index contributed by atoms with van der Waals surface area (Å²) in [5, 5.41) is 0. The van der Waals surface area contributed by atoms with Gasteiger partial charge in [0, 0.05) is 18.2 Å². The predicted molar refractivity (Wildman–Crippen MR) is 76.5 cm³/mol. The predicted octanol–water partition coefficient (Wildman–Crippen LogP) is 0.707. The average molecular weight is 295 g/mol. The molecule has 0 atom stereocenters. The Balaban J connectivity index is 2.42. The first-order valence-corrected chi connectivity index (χ1v) is 7.64. The zero-order chi connectivity index (χ0) is 14.9. The van der Waals surface area contributed by atoms with E-state index in [1.807, 2.05) is 0 Å². The number of hydrogen-bond donors (Lipinski definition) is 2. The minimum Gasteiger partial charge on any atom is -0.398 e. The molecule has 108 valence electrons. The minimum absolute atomic E-state index is 0.00347. The number of carbonyl (C=O) groups excluding carboxylic acids is 1. The fourth-order valence-electron chi connectivity index (χ4n) is 2.00. The molecule has 0 aliphatic heterocycles. The summed E-state index contributed by atoms with van der Waals surface area (Å²) >= 11 is 0. The van der Waals surface area contributed by atoms with Crippen LogP contribution in [-0.2, 0) is 10.0 Å². The average Bonchev–Trinajstić information content (AvgIpc) is 3.19. The second-order valence-corrected chi connectivity index (χ2v) is 6.57. The van der Waals surface area contributed by atoms with Crippen molar-refractivity contribution in [3.63, 3.8) is 0 Å². The molecule has 6 nitrogen and oxygen atoms in total. The van der Waals surface area contributed by atoms with Gasteiger partial charge in [-0.2, -0.15) is 4.31 Å². The molecule has 0 saturated heterocycles. The van der Waals surface area contributed by atoms with Gasteiger partial charge in [0.2, 0.25) is 15.9 Å². The maximum atomic E-state index is 12.6. The van der Waals surface area contributed by atoms with Crippen molar-refractivity contribution in [1.82, 2.24) is 4.31 Å². The van der Waals surface area contributed by atoms with Crippen LogP contribution in [0.25, 0.3) is 0 Å². The van der Waals surface area contributed by atoms with E-state index in [2.05, 4.69) is 6.58 Å². The summed E-state index contributed by atoms with van der Waals surface area (Å²) in [5.74, 6) is -0.647. The van der Waals surface area contributed by atoms with Gasteiger partial charge < -0.3 is 11.5 Å².